The molecule has 0 bridgehead atoms. The first-order chi connectivity index (χ1) is 11.7. The summed E-state index contributed by atoms with van der Waals surface area (Å²) < 4.78 is 32.7. The second-order valence-corrected chi connectivity index (χ2v) is 5.32. The lowest BCUT2D eigenvalue weighted by molar-refractivity contribution is -0.206. The fourth-order valence-corrected chi connectivity index (χ4v) is 3.06. The first kappa shape index (κ1) is 16.8. The third-order valence-electron chi connectivity index (χ3n) is 4.21. The summed E-state index contributed by atoms with van der Waals surface area (Å²) in [6, 6.07) is 3.53. The van der Waals surface area contributed by atoms with Crippen LogP contribution in [0.4, 0.5) is 0 Å². The summed E-state index contributed by atoms with van der Waals surface area (Å²) >= 11 is 0. The minimum absolute atomic E-state index is 0.267. The smallest absolute Gasteiger partial charge is 0.200 e. The van der Waals surface area contributed by atoms with Crippen molar-refractivity contribution in [2.45, 2.75) is 18.7 Å². The molecule has 2 aliphatic heterocycles. The van der Waals surface area contributed by atoms with Crippen molar-refractivity contribution >= 4 is 5.71 Å². The summed E-state index contributed by atoms with van der Waals surface area (Å²) in [7, 11) is 7.84. The van der Waals surface area contributed by atoms with Crippen LogP contribution in [0, 0.1) is 5.92 Å². The Hall–Kier alpha value is -2.03. The van der Waals surface area contributed by atoms with Gasteiger partial charge in [-0.15, -0.1) is 0 Å². The number of nitrogens with zero attached hydrogens (tertiary/aromatic N) is 1. The standard InChI is InChI=1S/C16H21NO7/c1-18-8-6-9(19-2)11(10(7-8)20-3)13-12-14(24-17-13)16(22-5)23-15(12)21-4/h6-7,12,14-16H,1-5H3. The first-order valence-electron chi connectivity index (χ1n) is 7.43. The van der Waals surface area contributed by atoms with Crippen molar-refractivity contribution in [3.63, 3.8) is 0 Å². The zero-order chi connectivity index (χ0) is 17.3. The molecule has 24 heavy (non-hydrogen) atoms. The molecule has 0 aliphatic carbocycles. The lowest BCUT2D eigenvalue weighted by Crippen LogP contribution is -2.32. The molecule has 8 nitrogen and oxygen atoms in total. The maximum absolute atomic E-state index is 5.71. The molecule has 0 radical (unpaired) electrons. The largest absolute Gasteiger partial charge is 0.496 e. The third kappa shape index (κ3) is 2.56. The zero-order valence-corrected chi connectivity index (χ0v) is 14.3. The van der Waals surface area contributed by atoms with Gasteiger partial charge in [-0.3, -0.25) is 0 Å². The van der Waals surface area contributed by atoms with Crippen LogP contribution in [0.2, 0.25) is 0 Å². The van der Waals surface area contributed by atoms with Crippen LogP contribution < -0.4 is 14.2 Å². The number of ether oxygens (including phenoxy) is 6. The number of hydrogen-bond donors (Lipinski definition) is 0. The van der Waals surface area contributed by atoms with Crippen LogP contribution in [0.25, 0.3) is 0 Å². The Kier molecular flexibility index (Phi) is 4.79. The van der Waals surface area contributed by atoms with Crippen LogP contribution >= 0.6 is 0 Å². The number of hydrogen-bond acceptors (Lipinski definition) is 8. The van der Waals surface area contributed by atoms with E-state index < -0.39 is 18.7 Å². The Morgan fingerprint density at radius 3 is 2.00 bits per heavy atom. The second kappa shape index (κ2) is 6.84. The maximum Gasteiger partial charge on any atom is 0.200 e. The summed E-state index contributed by atoms with van der Waals surface area (Å²) in [5.41, 5.74) is 1.30. The van der Waals surface area contributed by atoms with E-state index in [9.17, 15) is 0 Å². The minimum atomic E-state index is -0.559. The average Bonchev–Trinajstić information content (AvgIpc) is 3.20. The molecular formula is C16H21NO7. The SMILES string of the molecule is COc1cc(OC)c(C2=NOC3C(OC)OC(OC)C23)c(OC)c1. The van der Waals surface area contributed by atoms with E-state index in [1.165, 1.54) is 0 Å². The molecule has 0 aromatic heterocycles. The van der Waals surface area contributed by atoms with Crippen molar-refractivity contribution in [2.24, 2.45) is 11.1 Å². The molecule has 3 rings (SSSR count). The molecule has 0 saturated carbocycles. The molecule has 2 heterocycles. The Labute approximate surface area is 140 Å². The van der Waals surface area contributed by atoms with Gasteiger partial charge in [-0.2, -0.15) is 0 Å². The molecule has 1 aromatic carbocycles. The molecule has 1 aromatic rings. The number of benzene rings is 1. The van der Waals surface area contributed by atoms with Crippen LogP contribution in [-0.4, -0.2) is 59.9 Å². The van der Waals surface area contributed by atoms with Gasteiger partial charge in [0.05, 0.1) is 26.9 Å². The lowest BCUT2D eigenvalue weighted by atomic mass is 9.92. The highest BCUT2D eigenvalue weighted by Crippen LogP contribution is 2.43. The second-order valence-electron chi connectivity index (χ2n) is 5.32. The van der Waals surface area contributed by atoms with Gasteiger partial charge in [-0.05, 0) is 0 Å². The van der Waals surface area contributed by atoms with Gasteiger partial charge in [-0.1, -0.05) is 5.16 Å². The summed E-state index contributed by atoms with van der Waals surface area (Å²) in [4.78, 5) is 5.55. The topological polar surface area (TPSA) is 77.0 Å². The van der Waals surface area contributed by atoms with Gasteiger partial charge in [-0.25, -0.2) is 0 Å². The molecule has 0 N–H and O–H groups in total. The Morgan fingerprint density at radius 1 is 0.875 bits per heavy atom. The number of methoxy groups -OCH3 is 5. The molecular weight excluding hydrogens is 318 g/mol. The predicted molar refractivity (Wildman–Crippen MR) is 83.7 cm³/mol. The van der Waals surface area contributed by atoms with Crippen LogP contribution in [0.5, 0.6) is 17.2 Å². The van der Waals surface area contributed by atoms with E-state index >= 15 is 0 Å². The highest BCUT2D eigenvalue weighted by Gasteiger charge is 2.54. The number of oxime groups is 1. The van der Waals surface area contributed by atoms with E-state index in [0.29, 0.717) is 28.5 Å². The number of fused-ring (bicyclic) bond motifs is 1. The lowest BCUT2D eigenvalue weighted by Gasteiger charge is -2.19. The Bertz CT molecular complexity index is 608. The van der Waals surface area contributed by atoms with Crippen LogP contribution in [0.1, 0.15) is 5.56 Å². The van der Waals surface area contributed by atoms with Gasteiger partial charge in [0.25, 0.3) is 0 Å². The van der Waals surface area contributed by atoms with Crippen LogP contribution in [0.15, 0.2) is 17.3 Å². The molecule has 0 amide bonds. The monoisotopic (exact) mass is 339 g/mol. The van der Waals surface area contributed by atoms with Crippen molar-refractivity contribution < 1.29 is 33.3 Å². The van der Waals surface area contributed by atoms with Crippen molar-refractivity contribution in [1.29, 1.82) is 0 Å². The molecule has 0 spiro atoms. The zero-order valence-electron chi connectivity index (χ0n) is 14.3. The molecule has 2 aliphatic rings. The van der Waals surface area contributed by atoms with Gasteiger partial charge < -0.3 is 33.3 Å². The quantitative estimate of drug-likeness (QED) is 0.775. The van der Waals surface area contributed by atoms with Gasteiger partial charge in [0, 0.05) is 26.4 Å². The maximum atomic E-state index is 5.71. The minimum Gasteiger partial charge on any atom is -0.496 e. The third-order valence-corrected chi connectivity index (χ3v) is 4.21. The summed E-state index contributed by atoms with van der Waals surface area (Å²) in [5, 5.41) is 4.24. The van der Waals surface area contributed by atoms with E-state index in [2.05, 4.69) is 5.16 Å². The predicted octanol–water partition coefficient (Wildman–Crippen LogP) is 1.41. The van der Waals surface area contributed by atoms with E-state index in [1.807, 2.05) is 0 Å². The Morgan fingerprint density at radius 2 is 1.50 bits per heavy atom. The number of rotatable bonds is 6. The molecule has 132 valence electrons. The van der Waals surface area contributed by atoms with E-state index in [-0.39, 0.29) is 5.92 Å². The summed E-state index contributed by atoms with van der Waals surface area (Å²) in [5.74, 6) is 1.47. The first-order valence-corrected chi connectivity index (χ1v) is 7.43. The molecule has 1 saturated heterocycles. The van der Waals surface area contributed by atoms with Gasteiger partial charge >= 0.3 is 0 Å². The fraction of sp³-hybridized carbons (Fsp3) is 0.562. The molecule has 4 unspecified atom stereocenters. The Balaban J connectivity index is 2.06. The van der Waals surface area contributed by atoms with Crippen molar-refractivity contribution in [3.05, 3.63) is 17.7 Å². The van der Waals surface area contributed by atoms with Crippen molar-refractivity contribution in [3.8, 4) is 17.2 Å². The van der Waals surface area contributed by atoms with Crippen molar-refractivity contribution in [2.75, 3.05) is 35.5 Å². The molecule has 1 fully saturated rings. The summed E-state index contributed by atoms with van der Waals surface area (Å²) in [6.45, 7) is 0. The van der Waals surface area contributed by atoms with E-state index in [0.717, 1.165) is 0 Å². The molecule has 4 atom stereocenters. The van der Waals surface area contributed by atoms with Gasteiger partial charge in [0.1, 0.15) is 28.9 Å². The van der Waals surface area contributed by atoms with Crippen molar-refractivity contribution in [1.82, 2.24) is 0 Å². The van der Waals surface area contributed by atoms with Gasteiger partial charge in [0.15, 0.2) is 12.4 Å². The average molecular weight is 339 g/mol. The highest BCUT2D eigenvalue weighted by atomic mass is 16.8. The van der Waals surface area contributed by atoms with E-state index in [4.69, 9.17) is 33.3 Å². The van der Waals surface area contributed by atoms with Gasteiger partial charge in [0.2, 0.25) is 6.29 Å². The normalized spacial score (nSPS) is 28.1. The summed E-state index contributed by atoms with van der Waals surface area (Å²) in [6.07, 6.45) is -1.50. The fourth-order valence-electron chi connectivity index (χ4n) is 3.06. The highest BCUT2D eigenvalue weighted by molar-refractivity contribution is 6.08. The van der Waals surface area contributed by atoms with Crippen LogP contribution in [0.3, 0.4) is 0 Å². The van der Waals surface area contributed by atoms with Crippen LogP contribution in [-0.2, 0) is 19.0 Å². The van der Waals surface area contributed by atoms with E-state index in [1.54, 1.807) is 47.7 Å². The molecule has 8 heteroatoms.